The highest BCUT2D eigenvalue weighted by Gasteiger charge is 2.20. The smallest absolute Gasteiger partial charge is 0.326 e. The van der Waals surface area contributed by atoms with Gasteiger partial charge in [0, 0.05) is 9.32 Å². The highest BCUT2D eigenvalue weighted by molar-refractivity contribution is 14.1. The van der Waals surface area contributed by atoms with E-state index in [4.69, 9.17) is 14.5 Å². The maximum Gasteiger partial charge on any atom is 0.326 e. The van der Waals surface area contributed by atoms with Gasteiger partial charge >= 0.3 is 5.97 Å². The molecule has 0 saturated carbocycles. The number of esters is 1. The molecule has 1 aromatic heterocycles. The Bertz CT molecular complexity index is 951. The molecule has 0 radical (unpaired) electrons. The van der Waals surface area contributed by atoms with E-state index in [2.05, 4.69) is 22.6 Å². The van der Waals surface area contributed by atoms with Crippen molar-refractivity contribution in [3.63, 3.8) is 0 Å². The lowest BCUT2D eigenvalue weighted by Crippen LogP contribution is -2.26. The molecule has 148 valence electrons. The van der Waals surface area contributed by atoms with E-state index in [1.54, 1.807) is 11.8 Å². The van der Waals surface area contributed by atoms with E-state index in [9.17, 15) is 4.79 Å². The topological polar surface area (TPSA) is 53.4 Å². The molecule has 28 heavy (non-hydrogen) atoms. The van der Waals surface area contributed by atoms with Crippen LogP contribution in [0.25, 0.3) is 11.0 Å². The number of ether oxygens (including phenoxy) is 2. The number of thioether (sulfide) groups is 1. The standard InChI is InChI=1S/C21H23IN2O3S/c1-21(2,3)27-19(25)14-24-18-13-15(22)9-10-17(18)23-20(24)28-12-11-26-16-7-5-4-6-8-16/h4-10,13H,11-12,14H2,1-3H3. The van der Waals surface area contributed by atoms with E-state index < -0.39 is 5.60 Å². The first-order chi connectivity index (χ1) is 13.3. The Kier molecular flexibility index (Phi) is 6.87. The van der Waals surface area contributed by atoms with Crippen LogP contribution in [0, 0.1) is 3.57 Å². The van der Waals surface area contributed by atoms with Gasteiger partial charge in [-0.3, -0.25) is 4.79 Å². The molecule has 0 spiro atoms. The minimum atomic E-state index is -0.515. The number of fused-ring (bicyclic) bond motifs is 1. The second-order valence-corrected chi connectivity index (χ2v) is 9.52. The summed E-state index contributed by atoms with van der Waals surface area (Å²) < 4.78 is 14.3. The van der Waals surface area contributed by atoms with Crippen LogP contribution in [0.5, 0.6) is 5.75 Å². The minimum absolute atomic E-state index is 0.135. The van der Waals surface area contributed by atoms with Gasteiger partial charge in [0.15, 0.2) is 5.16 Å². The quantitative estimate of drug-likeness (QED) is 0.190. The van der Waals surface area contributed by atoms with Crippen LogP contribution in [0.3, 0.4) is 0 Å². The number of hydrogen-bond acceptors (Lipinski definition) is 5. The number of carbonyl (C=O) groups excluding carboxylic acids is 1. The molecule has 5 nitrogen and oxygen atoms in total. The first-order valence-electron chi connectivity index (χ1n) is 9.00. The maximum atomic E-state index is 12.4. The van der Waals surface area contributed by atoms with Gasteiger partial charge in [0.1, 0.15) is 17.9 Å². The monoisotopic (exact) mass is 510 g/mol. The van der Waals surface area contributed by atoms with Crippen LogP contribution in [-0.2, 0) is 16.1 Å². The van der Waals surface area contributed by atoms with Crippen molar-refractivity contribution in [2.75, 3.05) is 12.4 Å². The molecule has 0 bridgehead atoms. The third-order valence-electron chi connectivity index (χ3n) is 3.71. The van der Waals surface area contributed by atoms with Crippen molar-refractivity contribution >= 4 is 51.4 Å². The van der Waals surface area contributed by atoms with Gasteiger partial charge in [0.05, 0.1) is 17.6 Å². The highest BCUT2D eigenvalue weighted by Crippen LogP contribution is 2.26. The first kappa shape index (κ1) is 21.0. The molecule has 0 aliphatic rings. The van der Waals surface area contributed by atoms with Crippen LogP contribution in [0.4, 0.5) is 0 Å². The second-order valence-electron chi connectivity index (χ2n) is 7.21. The number of halogens is 1. The summed E-state index contributed by atoms with van der Waals surface area (Å²) >= 11 is 3.84. The highest BCUT2D eigenvalue weighted by atomic mass is 127. The number of para-hydroxylation sites is 1. The van der Waals surface area contributed by atoms with Gasteiger partial charge in [0.25, 0.3) is 0 Å². The Labute approximate surface area is 183 Å². The molecule has 0 amide bonds. The molecular formula is C21H23IN2O3S. The summed E-state index contributed by atoms with van der Waals surface area (Å²) in [6.07, 6.45) is 0. The Hall–Kier alpha value is -1.74. The maximum absolute atomic E-state index is 12.4. The Balaban J connectivity index is 1.73. The van der Waals surface area contributed by atoms with Gasteiger partial charge in [-0.25, -0.2) is 4.98 Å². The van der Waals surface area contributed by atoms with Crippen molar-refractivity contribution in [3.8, 4) is 5.75 Å². The number of hydrogen-bond donors (Lipinski definition) is 0. The number of carbonyl (C=O) groups is 1. The summed E-state index contributed by atoms with van der Waals surface area (Å²) in [5, 5.41) is 0.791. The van der Waals surface area contributed by atoms with Crippen LogP contribution in [0.2, 0.25) is 0 Å². The van der Waals surface area contributed by atoms with Gasteiger partial charge in [-0.2, -0.15) is 0 Å². The van der Waals surface area contributed by atoms with Crippen LogP contribution in [0.1, 0.15) is 20.8 Å². The van der Waals surface area contributed by atoms with Gasteiger partial charge in [0.2, 0.25) is 0 Å². The number of rotatable bonds is 7. The van der Waals surface area contributed by atoms with Crippen molar-refractivity contribution < 1.29 is 14.3 Å². The summed E-state index contributed by atoms with van der Waals surface area (Å²) in [7, 11) is 0. The third kappa shape index (κ3) is 5.88. The summed E-state index contributed by atoms with van der Waals surface area (Å²) in [5.41, 5.74) is 1.29. The lowest BCUT2D eigenvalue weighted by molar-refractivity contribution is -0.155. The Morgan fingerprint density at radius 3 is 2.64 bits per heavy atom. The molecule has 0 saturated heterocycles. The molecular weight excluding hydrogens is 487 g/mol. The Morgan fingerprint density at radius 2 is 1.93 bits per heavy atom. The molecule has 3 aromatic rings. The average molecular weight is 510 g/mol. The van der Waals surface area contributed by atoms with E-state index in [1.807, 2.05) is 73.9 Å². The molecule has 1 heterocycles. The zero-order valence-electron chi connectivity index (χ0n) is 16.1. The molecule has 3 rings (SSSR count). The fourth-order valence-electron chi connectivity index (χ4n) is 2.65. The van der Waals surface area contributed by atoms with E-state index in [-0.39, 0.29) is 12.5 Å². The van der Waals surface area contributed by atoms with Gasteiger partial charge in [-0.05, 0) is 73.7 Å². The predicted octanol–water partition coefficient (Wildman–Crippen LogP) is 5.15. The molecule has 0 aliphatic heterocycles. The van der Waals surface area contributed by atoms with Crippen molar-refractivity contribution in [2.45, 2.75) is 38.1 Å². The van der Waals surface area contributed by atoms with Crippen molar-refractivity contribution in [2.24, 2.45) is 0 Å². The predicted molar refractivity (Wildman–Crippen MR) is 121 cm³/mol. The van der Waals surface area contributed by atoms with Crippen molar-refractivity contribution in [1.82, 2.24) is 9.55 Å². The SMILES string of the molecule is CC(C)(C)OC(=O)Cn1c(SCCOc2ccccc2)nc2ccc(I)cc21. The van der Waals surface area contributed by atoms with Crippen LogP contribution in [-0.4, -0.2) is 33.5 Å². The van der Waals surface area contributed by atoms with Crippen LogP contribution >= 0.6 is 34.4 Å². The fraction of sp³-hybridized carbons (Fsp3) is 0.333. The zero-order valence-corrected chi connectivity index (χ0v) is 19.1. The molecule has 7 heteroatoms. The summed E-state index contributed by atoms with van der Waals surface area (Å²) in [6, 6.07) is 15.8. The average Bonchev–Trinajstić information content (AvgIpc) is 2.95. The van der Waals surface area contributed by atoms with E-state index in [0.717, 1.165) is 31.3 Å². The van der Waals surface area contributed by atoms with E-state index >= 15 is 0 Å². The van der Waals surface area contributed by atoms with Crippen molar-refractivity contribution in [3.05, 3.63) is 52.1 Å². The normalized spacial score (nSPS) is 11.6. The minimum Gasteiger partial charge on any atom is -0.493 e. The molecule has 0 atom stereocenters. The summed E-state index contributed by atoms with van der Waals surface area (Å²) in [4.78, 5) is 17.1. The second kappa shape index (κ2) is 9.17. The van der Waals surface area contributed by atoms with Crippen molar-refractivity contribution in [1.29, 1.82) is 0 Å². The summed E-state index contributed by atoms with van der Waals surface area (Å²) in [5.74, 6) is 1.30. The Morgan fingerprint density at radius 1 is 1.18 bits per heavy atom. The zero-order chi connectivity index (χ0) is 20.1. The largest absolute Gasteiger partial charge is 0.493 e. The lowest BCUT2D eigenvalue weighted by atomic mass is 10.2. The summed E-state index contributed by atoms with van der Waals surface area (Å²) in [6.45, 7) is 6.31. The van der Waals surface area contributed by atoms with E-state index in [1.165, 1.54) is 0 Å². The fourth-order valence-corrected chi connectivity index (χ4v) is 3.95. The lowest BCUT2D eigenvalue weighted by Gasteiger charge is -2.20. The van der Waals surface area contributed by atoms with Crippen LogP contribution in [0.15, 0.2) is 53.7 Å². The van der Waals surface area contributed by atoms with E-state index in [0.29, 0.717) is 6.61 Å². The number of nitrogens with zero attached hydrogens (tertiary/aromatic N) is 2. The number of benzene rings is 2. The van der Waals surface area contributed by atoms with Crippen LogP contribution < -0.4 is 4.74 Å². The third-order valence-corrected chi connectivity index (χ3v) is 5.32. The molecule has 0 aliphatic carbocycles. The van der Waals surface area contributed by atoms with Gasteiger partial charge in [-0.1, -0.05) is 30.0 Å². The van der Waals surface area contributed by atoms with Gasteiger partial charge < -0.3 is 14.0 Å². The molecule has 0 unspecified atom stereocenters. The molecule has 0 fully saturated rings. The van der Waals surface area contributed by atoms with Gasteiger partial charge in [-0.15, -0.1) is 0 Å². The first-order valence-corrected chi connectivity index (χ1v) is 11.1. The number of imidazole rings is 1. The molecule has 2 aromatic carbocycles. The number of aromatic nitrogens is 2. The molecule has 0 N–H and O–H groups in total.